The summed E-state index contributed by atoms with van der Waals surface area (Å²) in [6, 6.07) is 1.19. The number of aromatic nitrogens is 22. The fourth-order valence-electron chi connectivity index (χ4n) is 16.0. The number of fused-ring (bicyclic) bond motifs is 5. The molecule has 6 aliphatic rings. The minimum absolute atomic E-state index is 0.00646. The van der Waals surface area contributed by atoms with Gasteiger partial charge in [0.15, 0.2) is 101 Å². The Hall–Kier alpha value is -8.95. The number of aromatic amines is 1. The Labute approximate surface area is 741 Å². The Morgan fingerprint density at radius 3 is 1.22 bits per heavy atom. The van der Waals surface area contributed by atoms with Crippen molar-refractivity contribution in [2.24, 2.45) is 11.8 Å². The standard InChI is InChI=1S/C64H81F2N28O30P5S2/c1-23-24(2)57(90-18-81-34-47(68)73-14-77-51(34)90)115-26(23)9-109-126(100,101)121-42-29(118-60(45(42)107-4)89-7-6-31(67)86-64(89)97)11-111-125(98,99)120-39-27(116-59(32(39)65)94-22-85-38-55(94)87-63(72)88-56(38)96)10-110-127(102,103)122-43-30(119-62(46(43)108-5)93-21-84-37-50(71)76-17-80-54(37)93)13-113-128(104,130)123-40-28(117-58(33(40)66)91-19-82-35-48(69)74-15-78-52(35)91)12-112-129(105,131)124-41-25(8-95)114-61(44(41)106-3)92-20-83-36-49(70)75-16-79-53(36)92/h6-7,14-30,32-33,39-46,57-62,95H,8-13H2,1-5H3,(H,98,99)(H,100,101)(H,102,103)(H,104,130)(H,105,131)(H2,67,86,97)(H2,68,73,77)(H2,69,74,78)(H2,70,75,79)(H2,71,76,80)(H3,72,87,88,96)/t23?,24-,25+,26+,27+,28+,29+,30+,32-,33-,39?,40?,41?,42?,43?,44-,45-,46-,57+,58+,59+,60+,61+,62+,128?,129?/m0/s1. The summed E-state index contributed by atoms with van der Waals surface area (Å²) in [4.78, 5) is 138. The number of nitrogens with zero attached hydrogens (tertiary/aromatic N) is 21. The highest BCUT2D eigenvalue weighted by molar-refractivity contribution is 8.44. The number of nitrogen functional groups attached to an aromatic ring is 6. The average molecular weight is 1980 g/mol. The molecule has 0 saturated carbocycles. The predicted molar refractivity (Wildman–Crippen MR) is 442 cm³/mol. The number of ether oxygens (including phenoxy) is 9. The van der Waals surface area contributed by atoms with Crippen LogP contribution in [0.1, 0.15) is 51.2 Å². The van der Waals surface area contributed by atoms with Gasteiger partial charge in [-0.05, 0) is 23.8 Å². The Kier molecular flexibility index (Phi) is 26.5. The number of phosphoric ester groups is 3. The van der Waals surface area contributed by atoms with E-state index in [0.29, 0.717) is 11.2 Å². The lowest BCUT2D eigenvalue weighted by atomic mass is 9.93. The van der Waals surface area contributed by atoms with E-state index >= 15 is 8.78 Å². The van der Waals surface area contributed by atoms with E-state index in [1.165, 1.54) is 47.6 Å². The van der Waals surface area contributed by atoms with Crippen LogP contribution in [-0.4, -0.2) is 291 Å². The van der Waals surface area contributed by atoms with Gasteiger partial charge in [0.1, 0.15) is 139 Å². The van der Waals surface area contributed by atoms with Crippen LogP contribution in [0.3, 0.4) is 0 Å². The summed E-state index contributed by atoms with van der Waals surface area (Å²) < 4.78 is 213. The molecule has 131 heavy (non-hydrogen) atoms. The predicted octanol–water partition coefficient (Wildman–Crippen LogP) is 0.164. The maximum absolute atomic E-state index is 17.8. The van der Waals surface area contributed by atoms with E-state index < -0.39 is 240 Å². The molecule has 0 amide bonds. The van der Waals surface area contributed by atoms with E-state index in [2.05, 4.69) is 92.0 Å². The van der Waals surface area contributed by atoms with Crippen LogP contribution >= 0.6 is 49.2 Å². The molecule has 11 aromatic heterocycles. The highest BCUT2D eigenvalue weighted by Crippen LogP contribution is 2.60. The number of methoxy groups -OCH3 is 3. The van der Waals surface area contributed by atoms with Gasteiger partial charge >= 0.3 is 42.7 Å². The van der Waals surface area contributed by atoms with Crippen molar-refractivity contribution in [1.29, 1.82) is 0 Å². The molecule has 6 fully saturated rings. The van der Waals surface area contributed by atoms with Gasteiger partial charge < -0.3 is 106 Å². The second-order valence-electron chi connectivity index (χ2n) is 30.1. The molecule has 6 aliphatic heterocycles. The highest BCUT2D eigenvalue weighted by Gasteiger charge is 2.59. The third-order valence-electron chi connectivity index (χ3n) is 22.3. The number of imidazole rings is 5. The number of H-pyrrole nitrogens is 1. The van der Waals surface area contributed by atoms with Crippen LogP contribution < -0.4 is 45.7 Å². The normalized spacial score (nSPS) is 31.7. The number of alkyl halides is 2. The molecule has 0 aromatic carbocycles. The maximum Gasteiger partial charge on any atom is 0.472 e. The fourth-order valence-corrected chi connectivity index (χ4v) is 21.8. The minimum Gasteiger partial charge on any atom is -0.394 e. The molecule has 11 unspecified atom stereocenters. The van der Waals surface area contributed by atoms with Crippen molar-refractivity contribution in [2.75, 3.05) is 95.4 Å². The van der Waals surface area contributed by atoms with Crippen LogP contribution in [0.15, 0.2) is 78.8 Å². The van der Waals surface area contributed by atoms with Crippen LogP contribution in [0, 0.1) is 11.8 Å². The van der Waals surface area contributed by atoms with E-state index in [1.54, 1.807) is 11.5 Å². The van der Waals surface area contributed by atoms with Crippen molar-refractivity contribution in [2.45, 2.75) is 149 Å². The first kappa shape index (κ1) is 93.8. The first-order valence-electron chi connectivity index (χ1n) is 38.8. The Morgan fingerprint density at radius 2 is 0.779 bits per heavy atom. The second-order valence-corrected chi connectivity index (χ2v) is 40.0. The molecule has 6 saturated heterocycles. The van der Waals surface area contributed by atoms with E-state index in [0.717, 1.165) is 65.8 Å². The number of nitrogens with one attached hydrogen (secondary N) is 1. The summed E-state index contributed by atoms with van der Waals surface area (Å²) in [5.74, 6) is -1.56. The van der Waals surface area contributed by atoms with Gasteiger partial charge in [0, 0.05) is 33.4 Å². The first-order chi connectivity index (χ1) is 62.4. The molecule has 29 atom stereocenters. The van der Waals surface area contributed by atoms with Crippen molar-refractivity contribution in [3.8, 4) is 0 Å². The molecule has 0 aliphatic carbocycles. The van der Waals surface area contributed by atoms with Crippen LogP contribution in [0.5, 0.6) is 0 Å². The lowest BCUT2D eigenvalue weighted by Crippen LogP contribution is -2.39. The van der Waals surface area contributed by atoms with E-state index in [-0.39, 0.29) is 74.4 Å². The number of nitrogens with two attached hydrogens (primary N) is 6. The van der Waals surface area contributed by atoms with Gasteiger partial charge in [0.2, 0.25) is 5.95 Å². The third-order valence-corrected chi connectivity index (χ3v) is 28.5. The molecule has 0 radical (unpaired) electrons. The number of hydrogen-bond donors (Lipinski definition) is 13. The third kappa shape index (κ3) is 18.6. The zero-order valence-corrected chi connectivity index (χ0v) is 74.3. The molecule has 11 aromatic rings. The zero-order valence-electron chi connectivity index (χ0n) is 68.1. The Morgan fingerprint density at radius 1 is 0.427 bits per heavy atom. The van der Waals surface area contributed by atoms with E-state index in [4.69, 9.17) is 134 Å². The quantitative estimate of drug-likeness (QED) is 0.0186. The van der Waals surface area contributed by atoms with E-state index in [9.17, 15) is 52.5 Å². The number of halogens is 2. The van der Waals surface area contributed by atoms with Crippen LogP contribution in [0.25, 0.3) is 55.8 Å². The van der Waals surface area contributed by atoms with Crippen molar-refractivity contribution >= 4 is 152 Å². The summed E-state index contributed by atoms with van der Waals surface area (Å²) in [5, 5.41) is 10.6. The number of hydrogen-bond acceptors (Lipinski definition) is 48. The number of rotatable bonds is 35. The fraction of sp³-hybridized carbons (Fsp3) is 0.547. The molecule has 708 valence electrons. The van der Waals surface area contributed by atoms with Crippen molar-refractivity contribution in [3.63, 3.8) is 0 Å². The minimum atomic E-state index is -5.92. The Balaban J connectivity index is 0.615. The van der Waals surface area contributed by atoms with Crippen molar-refractivity contribution < 1.29 is 140 Å². The van der Waals surface area contributed by atoms with Crippen LogP contribution in [0.4, 0.5) is 43.8 Å². The number of phosphoric acid groups is 3. The smallest absolute Gasteiger partial charge is 0.394 e. The van der Waals surface area contributed by atoms with Gasteiger partial charge in [0.05, 0.1) is 77.4 Å². The summed E-state index contributed by atoms with van der Waals surface area (Å²) in [6.45, 7) is -12.2. The Bertz CT molecular complexity index is 6480. The van der Waals surface area contributed by atoms with Gasteiger partial charge in [-0.3, -0.25) is 77.9 Å². The number of aliphatic hydroxyl groups excluding tert-OH is 1. The average Bonchev–Trinajstić information content (AvgIpc) is 1.62. The maximum atomic E-state index is 17.8. The molecular formula is C64H81F2N28O30P5S2. The van der Waals surface area contributed by atoms with Gasteiger partial charge in [-0.15, -0.1) is 0 Å². The lowest BCUT2D eigenvalue weighted by molar-refractivity contribution is -0.0667. The van der Waals surface area contributed by atoms with Crippen LogP contribution in [0.2, 0.25) is 0 Å². The highest BCUT2D eigenvalue weighted by atomic mass is 32.7. The molecule has 17 heterocycles. The summed E-state index contributed by atoms with van der Waals surface area (Å²) >= 11 is 9.80. The molecule has 18 N–H and O–H groups in total. The summed E-state index contributed by atoms with van der Waals surface area (Å²) in [6.07, 6.45) is -27.1. The van der Waals surface area contributed by atoms with Crippen molar-refractivity contribution in [3.05, 3.63) is 90.0 Å². The molecular weight excluding hydrogens is 1900 g/mol. The van der Waals surface area contributed by atoms with Crippen molar-refractivity contribution in [1.82, 2.24) is 107 Å². The number of thiol groups is 1. The molecule has 0 bridgehead atoms. The molecule has 17 rings (SSSR count). The van der Waals surface area contributed by atoms with Gasteiger partial charge in [-0.2, -0.15) is 9.97 Å². The molecule has 58 nitrogen and oxygen atoms in total. The largest absolute Gasteiger partial charge is 0.472 e. The van der Waals surface area contributed by atoms with Gasteiger partial charge in [-0.1, -0.05) is 26.1 Å². The topological polar surface area (TPSA) is 774 Å². The molecule has 67 heteroatoms. The van der Waals surface area contributed by atoms with E-state index in [1.807, 2.05) is 6.92 Å². The van der Waals surface area contributed by atoms with Gasteiger partial charge in [0.25, 0.3) is 5.56 Å². The van der Waals surface area contributed by atoms with Crippen LogP contribution in [-0.2, 0) is 118 Å². The number of anilines is 6. The van der Waals surface area contributed by atoms with Gasteiger partial charge in [-0.25, -0.2) is 96.6 Å². The number of aliphatic hydroxyl groups is 1. The lowest BCUT2D eigenvalue weighted by Gasteiger charge is -2.28. The SMILES string of the molecule is CO[C@H]1C(OP(=O)(O)OC[C@H]2O[C@@H](n3cnc4c(N)ncnc43)[C@@H](C)C2C)[C@@H](COP(=O)(O)OC2[C@@H](COP(=O)(O)OC3[C@@H](COP(O)(=S)OC4[C@@H](COP(=O)(S)OC5[C@@H](CO)O[C@@H](n6cnc7c(N)ncnc76)[C@H]5OC)O[C@@H](n5cnc6c(N)ncnc65)[C@H]4F)O[C@@H](n4cnc5c(N)ncnc54)[C@H]3OC)O[C@@H](n3cnc4c(=O)[nH]c(N)nc43)[C@H]2F)O[C@H]1n1ccc(N)nc1=O. The monoisotopic (exact) mass is 1980 g/mol. The second kappa shape index (κ2) is 37.0. The summed E-state index contributed by atoms with van der Waals surface area (Å²) in [7, 11) is -13.7. The summed E-state index contributed by atoms with van der Waals surface area (Å²) in [5.41, 5.74) is 34.1. The zero-order chi connectivity index (χ0) is 93.0. The first-order valence-corrected chi connectivity index (χ1v) is 48.6. The molecule has 0 spiro atoms.